The van der Waals surface area contributed by atoms with E-state index in [2.05, 4.69) is 15.5 Å². The lowest BCUT2D eigenvalue weighted by atomic mass is 9.90. The molecule has 7 nitrogen and oxygen atoms in total. The van der Waals surface area contributed by atoms with Crippen molar-refractivity contribution in [3.05, 3.63) is 108 Å². The van der Waals surface area contributed by atoms with Crippen LogP contribution < -0.4 is 5.32 Å². The van der Waals surface area contributed by atoms with E-state index < -0.39 is 21.0 Å². The Bertz CT molecular complexity index is 1310. The molecule has 0 aliphatic heterocycles. The van der Waals surface area contributed by atoms with Crippen molar-refractivity contribution < 1.29 is 17.6 Å². The molecule has 0 aliphatic rings. The fourth-order valence-electron chi connectivity index (χ4n) is 3.58. The van der Waals surface area contributed by atoms with E-state index in [4.69, 9.17) is 4.42 Å². The lowest BCUT2D eigenvalue weighted by Crippen LogP contribution is -2.22. The van der Waals surface area contributed by atoms with E-state index in [9.17, 15) is 13.2 Å². The summed E-state index contributed by atoms with van der Waals surface area (Å²) in [6, 6.07) is 25.6. The fourth-order valence-corrected chi connectivity index (χ4v) is 4.64. The molecule has 4 rings (SSSR count). The molecule has 8 heteroatoms. The number of sulfone groups is 1. The van der Waals surface area contributed by atoms with Gasteiger partial charge in [0.2, 0.25) is 11.8 Å². The Morgan fingerprint density at radius 2 is 1.41 bits per heavy atom. The second kappa shape index (κ2) is 10.0. The minimum Gasteiger partial charge on any atom is -0.407 e. The first kappa shape index (κ1) is 23.4. The van der Waals surface area contributed by atoms with E-state index in [1.165, 1.54) is 0 Å². The van der Waals surface area contributed by atoms with Gasteiger partial charge in [0, 0.05) is 0 Å². The molecule has 0 spiro atoms. The zero-order chi connectivity index (χ0) is 24.1. The highest BCUT2D eigenvalue weighted by Gasteiger charge is 2.24. The van der Waals surface area contributed by atoms with Crippen LogP contribution in [0, 0.1) is 0 Å². The number of hydrogen-bond donors (Lipinski definition) is 1. The van der Waals surface area contributed by atoms with Crippen molar-refractivity contribution >= 4 is 21.8 Å². The SMILES string of the molecule is CC(C)S(=O)(=O)c1ccc(Cc2nnc(NC(=O)C(c3ccccc3)c3ccccc3)o2)cc1. The number of rotatable bonds is 8. The molecule has 3 aromatic carbocycles. The summed E-state index contributed by atoms with van der Waals surface area (Å²) in [5.41, 5.74) is 2.51. The topological polar surface area (TPSA) is 102 Å². The zero-order valence-electron chi connectivity index (χ0n) is 18.9. The van der Waals surface area contributed by atoms with Crippen molar-refractivity contribution in [1.29, 1.82) is 0 Å². The van der Waals surface area contributed by atoms with E-state index in [0.29, 0.717) is 12.3 Å². The van der Waals surface area contributed by atoms with Gasteiger partial charge in [-0.3, -0.25) is 10.1 Å². The Labute approximate surface area is 198 Å². The number of carbonyl (C=O) groups excluding carboxylic acids is 1. The molecule has 34 heavy (non-hydrogen) atoms. The van der Waals surface area contributed by atoms with Crippen molar-refractivity contribution in [3.8, 4) is 0 Å². The summed E-state index contributed by atoms with van der Waals surface area (Å²) in [5.74, 6) is -0.505. The highest BCUT2D eigenvalue weighted by molar-refractivity contribution is 7.92. The smallest absolute Gasteiger partial charge is 0.322 e. The summed E-state index contributed by atoms with van der Waals surface area (Å²) in [6.45, 7) is 3.30. The highest BCUT2D eigenvalue weighted by Crippen LogP contribution is 2.26. The van der Waals surface area contributed by atoms with Crippen LogP contribution in [0.1, 0.15) is 42.3 Å². The molecule has 1 N–H and O–H groups in total. The third-order valence-corrected chi connectivity index (χ3v) is 7.62. The number of anilines is 1. The standard InChI is InChI=1S/C26H25N3O4S/c1-18(2)34(31,32)22-15-13-19(14-16-22)17-23-28-29-26(33-23)27-25(30)24(20-9-5-3-6-10-20)21-11-7-4-8-12-21/h3-16,18,24H,17H2,1-2H3,(H,27,29,30). The molecule has 0 aliphatic carbocycles. The number of hydrogen-bond acceptors (Lipinski definition) is 6. The van der Waals surface area contributed by atoms with Gasteiger partial charge >= 0.3 is 6.01 Å². The molecule has 1 amide bonds. The van der Waals surface area contributed by atoms with Gasteiger partial charge in [-0.2, -0.15) is 0 Å². The van der Waals surface area contributed by atoms with Crippen LogP contribution in [0.5, 0.6) is 0 Å². The molecule has 0 unspecified atom stereocenters. The Balaban J connectivity index is 1.48. The summed E-state index contributed by atoms with van der Waals surface area (Å²) < 4.78 is 30.2. The van der Waals surface area contributed by atoms with Crippen LogP contribution in [0.15, 0.2) is 94.2 Å². The zero-order valence-corrected chi connectivity index (χ0v) is 19.7. The van der Waals surface area contributed by atoms with Gasteiger partial charge in [0.05, 0.1) is 22.5 Å². The first-order valence-corrected chi connectivity index (χ1v) is 12.4. The largest absolute Gasteiger partial charge is 0.407 e. The quantitative estimate of drug-likeness (QED) is 0.399. The maximum atomic E-state index is 13.2. The second-order valence-corrected chi connectivity index (χ2v) is 10.7. The average Bonchev–Trinajstić information content (AvgIpc) is 3.27. The maximum Gasteiger partial charge on any atom is 0.322 e. The van der Waals surface area contributed by atoms with E-state index in [1.807, 2.05) is 60.7 Å². The predicted molar refractivity (Wildman–Crippen MR) is 129 cm³/mol. The molecular weight excluding hydrogens is 450 g/mol. The third-order valence-electron chi connectivity index (χ3n) is 5.45. The van der Waals surface area contributed by atoms with Gasteiger partial charge < -0.3 is 4.42 Å². The lowest BCUT2D eigenvalue weighted by molar-refractivity contribution is -0.116. The molecule has 0 bridgehead atoms. The van der Waals surface area contributed by atoms with Crippen molar-refractivity contribution in [3.63, 3.8) is 0 Å². The normalized spacial score (nSPS) is 11.6. The summed E-state index contributed by atoms with van der Waals surface area (Å²) in [5, 5.41) is 10.2. The molecular formula is C26H25N3O4S. The number of aromatic nitrogens is 2. The Hall–Kier alpha value is -3.78. The molecule has 0 atom stereocenters. The molecule has 0 saturated heterocycles. The number of amides is 1. The van der Waals surface area contributed by atoms with E-state index >= 15 is 0 Å². The van der Waals surface area contributed by atoms with Crippen molar-refractivity contribution in [1.82, 2.24) is 10.2 Å². The number of nitrogens with zero attached hydrogens (tertiary/aromatic N) is 2. The van der Waals surface area contributed by atoms with Crippen molar-refractivity contribution in [2.24, 2.45) is 0 Å². The molecule has 0 fully saturated rings. The maximum absolute atomic E-state index is 13.2. The number of carbonyl (C=O) groups is 1. The van der Waals surface area contributed by atoms with Crippen LogP contribution in [0.25, 0.3) is 0 Å². The average molecular weight is 476 g/mol. The Morgan fingerprint density at radius 3 is 1.94 bits per heavy atom. The Morgan fingerprint density at radius 1 is 0.853 bits per heavy atom. The van der Waals surface area contributed by atoms with Gasteiger partial charge in [-0.25, -0.2) is 8.42 Å². The van der Waals surface area contributed by atoms with Crippen LogP contribution in [-0.4, -0.2) is 29.8 Å². The molecule has 174 valence electrons. The van der Waals surface area contributed by atoms with E-state index in [1.54, 1.807) is 38.1 Å². The van der Waals surface area contributed by atoms with Gasteiger partial charge in [0.25, 0.3) is 0 Å². The van der Waals surface area contributed by atoms with Crippen LogP contribution >= 0.6 is 0 Å². The van der Waals surface area contributed by atoms with E-state index in [-0.39, 0.29) is 16.8 Å². The number of benzene rings is 3. The first-order valence-electron chi connectivity index (χ1n) is 10.9. The molecule has 1 aromatic heterocycles. The van der Waals surface area contributed by atoms with Crippen LogP contribution in [0.4, 0.5) is 6.01 Å². The van der Waals surface area contributed by atoms with E-state index in [0.717, 1.165) is 16.7 Å². The fraction of sp³-hybridized carbons (Fsp3) is 0.192. The summed E-state index contributed by atoms with van der Waals surface area (Å²) in [7, 11) is -3.33. The second-order valence-electron chi connectivity index (χ2n) is 8.16. The van der Waals surface area contributed by atoms with Gasteiger partial charge in [-0.1, -0.05) is 77.9 Å². The molecule has 0 saturated carbocycles. The minimum absolute atomic E-state index is 0.0101. The predicted octanol–water partition coefficient (Wildman–Crippen LogP) is 4.61. The minimum atomic E-state index is -3.33. The molecule has 4 aromatic rings. The van der Waals surface area contributed by atoms with Gasteiger partial charge in [-0.15, -0.1) is 5.10 Å². The molecule has 0 radical (unpaired) electrons. The summed E-state index contributed by atoms with van der Waals surface area (Å²) in [4.78, 5) is 13.4. The lowest BCUT2D eigenvalue weighted by Gasteiger charge is -2.16. The summed E-state index contributed by atoms with van der Waals surface area (Å²) in [6.07, 6.45) is 0.311. The van der Waals surface area contributed by atoms with Crippen LogP contribution in [0.3, 0.4) is 0 Å². The highest BCUT2D eigenvalue weighted by atomic mass is 32.2. The van der Waals surface area contributed by atoms with Crippen molar-refractivity contribution in [2.75, 3.05) is 5.32 Å². The summed E-state index contributed by atoms with van der Waals surface area (Å²) >= 11 is 0. The Kier molecular flexibility index (Phi) is 6.88. The van der Waals surface area contributed by atoms with Gasteiger partial charge in [-0.05, 0) is 42.7 Å². The van der Waals surface area contributed by atoms with Crippen LogP contribution in [0.2, 0.25) is 0 Å². The third kappa shape index (κ3) is 5.23. The first-order chi connectivity index (χ1) is 16.3. The van der Waals surface area contributed by atoms with Crippen LogP contribution in [-0.2, 0) is 21.1 Å². The van der Waals surface area contributed by atoms with Crippen molar-refractivity contribution in [2.45, 2.75) is 36.3 Å². The monoisotopic (exact) mass is 475 g/mol. The molecule has 1 heterocycles. The number of nitrogens with one attached hydrogen (secondary N) is 1. The van der Waals surface area contributed by atoms with Gasteiger partial charge in [0.1, 0.15) is 0 Å². The van der Waals surface area contributed by atoms with Gasteiger partial charge in [0.15, 0.2) is 9.84 Å².